The quantitative estimate of drug-likeness (QED) is 0.692. The van der Waals surface area contributed by atoms with Gasteiger partial charge < -0.3 is 9.47 Å². The zero-order chi connectivity index (χ0) is 11.5. The van der Waals surface area contributed by atoms with Crippen LogP contribution in [0.2, 0.25) is 0 Å². The average molecular weight is 215 g/mol. The predicted molar refractivity (Wildman–Crippen MR) is 57.9 cm³/mol. The molecule has 1 fully saturated rings. The maximum atomic E-state index is 11.4. The number of morpholine rings is 1. The molecular formula is C11H21NO3. The third kappa shape index (κ3) is 4.28. The van der Waals surface area contributed by atoms with E-state index in [1.165, 1.54) is 0 Å². The van der Waals surface area contributed by atoms with E-state index in [-0.39, 0.29) is 24.1 Å². The van der Waals surface area contributed by atoms with Gasteiger partial charge in [0, 0.05) is 20.2 Å². The topological polar surface area (TPSA) is 38.8 Å². The van der Waals surface area contributed by atoms with Crippen LogP contribution in [0.4, 0.5) is 0 Å². The lowest BCUT2D eigenvalue weighted by atomic mass is 10.1. The van der Waals surface area contributed by atoms with E-state index < -0.39 is 0 Å². The molecule has 1 aliphatic rings. The maximum absolute atomic E-state index is 11.4. The van der Waals surface area contributed by atoms with Crippen LogP contribution < -0.4 is 0 Å². The second-order valence-electron chi connectivity index (χ2n) is 4.83. The van der Waals surface area contributed by atoms with Gasteiger partial charge in [0.15, 0.2) is 5.78 Å². The largest absolute Gasteiger partial charge is 0.377 e. The van der Waals surface area contributed by atoms with Gasteiger partial charge in [0.05, 0.1) is 18.2 Å². The lowest BCUT2D eigenvalue weighted by Crippen LogP contribution is -2.53. The monoisotopic (exact) mass is 215 g/mol. The Hall–Kier alpha value is -0.450. The number of Topliss-reactive ketones (excluding diaryl/α,β-unsaturated/α-hetero) is 1. The first-order valence-electron chi connectivity index (χ1n) is 5.34. The highest BCUT2D eigenvalue weighted by molar-refractivity contribution is 5.81. The van der Waals surface area contributed by atoms with Gasteiger partial charge in [0.2, 0.25) is 0 Å². The highest BCUT2D eigenvalue weighted by Gasteiger charge is 2.31. The van der Waals surface area contributed by atoms with Crippen molar-refractivity contribution in [3.63, 3.8) is 0 Å². The SMILES string of the molecule is COCC(=O)CN1CC(C)OC(C)(C)C1. The minimum atomic E-state index is -0.162. The lowest BCUT2D eigenvalue weighted by Gasteiger charge is -2.41. The molecule has 1 heterocycles. The van der Waals surface area contributed by atoms with Gasteiger partial charge in [-0.2, -0.15) is 0 Å². The van der Waals surface area contributed by atoms with Crippen molar-refractivity contribution in [3.8, 4) is 0 Å². The molecule has 0 saturated carbocycles. The normalized spacial score (nSPS) is 26.5. The minimum Gasteiger partial charge on any atom is -0.377 e. The van der Waals surface area contributed by atoms with E-state index in [2.05, 4.69) is 18.7 Å². The smallest absolute Gasteiger partial charge is 0.172 e. The number of hydrogen-bond donors (Lipinski definition) is 0. The van der Waals surface area contributed by atoms with Crippen LogP contribution in [0.5, 0.6) is 0 Å². The molecule has 0 aromatic heterocycles. The van der Waals surface area contributed by atoms with Crippen molar-refractivity contribution >= 4 is 5.78 Å². The zero-order valence-corrected chi connectivity index (χ0v) is 10.1. The van der Waals surface area contributed by atoms with Gasteiger partial charge in [-0.05, 0) is 20.8 Å². The third-order valence-corrected chi connectivity index (χ3v) is 2.35. The van der Waals surface area contributed by atoms with Crippen molar-refractivity contribution in [2.24, 2.45) is 0 Å². The highest BCUT2D eigenvalue weighted by atomic mass is 16.5. The molecule has 0 bridgehead atoms. The number of methoxy groups -OCH3 is 1. The summed E-state index contributed by atoms with van der Waals surface area (Å²) >= 11 is 0. The standard InChI is InChI=1S/C11H21NO3/c1-9-5-12(6-10(13)7-14-4)8-11(2,3)15-9/h9H,5-8H2,1-4H3. The maximum Gasteiger partial charge on any atom is 0.172 e. The molecule has 1 atom stereocenters. The second kappa shape index (κ2) is 5.05. The molecule has 0 aliphatic carbocycles. The van der Waals surface area contributed by atoms with Crippen molar-refractivity contribution in [1.82, 2.24) is 4.90 Å². The van der Waals surface area contributed by atoms with E-state index in [4.69, 9.17) is 9.47 Å². The van der Waals surface area contributed by atoms with Crippen LogP contribution in [-0.4, -0.2) is 55.7 Å². The molecule has 1 rings (SSSR count). The average Bonchev–Trinajstić information content (AvgIpc) is 1.99. The van der Waals surface area contributed by atoms with Gasteiger partial charge in [-0.3, -0.25) is 9.69 Å². The Morgan fingerprint density at radius 1 is 1.60 bits per heavy atom. The number of carbonyl (C=O) groups excluding carboxylic acids is 1. The summed E-state index contributed by atoms with van der Waals surface area (Å²) in [5.74, 6) is 0.127. The molecule has 4 heteroatoms. The van der Waals surface area contributed by atoms with Crippen LogP contribution in [0.3, 0.4) is 0 Å². The Morgan fingerprint density at radius 3 is 2.80 bits per heavy atom. The summed E-state index contributed by atoms with van der Waals surface area (Å²) < 4.78 is 10.6. The molecule has 1 saturated heterocycles. The van der Waals surface area contributed by atoms with Gasteiger partial charge in [-0.1, -0.05) is 0 Å². The van der Waals surface area contributed by atoms with Gasteiger partial charge >= 0.3 is 0 Å². The molecule has 88 valence electrons. The summed E-state index contributed by atoms with van der Waals surface area (Å²) in [7, 11) is 1.55. The molecule has 0 spiro atoms. The number of ether oxygens (including phenoxy) is 2. The Morgan fingerprint density at radius 2 is 2.27 bits per heavy atom. The first-order chi connectivity index (χ1) is 6.93. The fourth-order valence-electron chi connectivity index (χ4n) is 2.16. The number of ketones is 1. The fraction of sp³-hybridized carbons (Fsp3) is 0.909. The van der Waals surface area contributed by atoms with Crippen LogP contribution in [-0.2, 0) is 14.3 Å². The molecule has 15 heavy (non-hydrogen) atoms. The van der Waals surface area contributed by atoms with Crippen molar-refractivity contribution in [2.75, 3.05) is 33.4 Å². The van der Waals surface area contributed by atoms with Crippen LogP contribution >= 0.6 is 0 Å². The summed E-state index contributed by atoms with van der Waals surface area (Å²) in [6.07, 6.45) is 0.184. The van der Waals surface area contributed by atoms with Crippen molar-refractivity contribution in [3.05, 3.63) is 0 Å². The van der Waals surface area contributed by atoms with Crippen molar-refractivity contribution < 1.29 is 14.3 Å². The molecule has 4 nitrogen and oxygen atoms in total. The van der Waals surface area contributed by atoms with Crippen molar-refractivity contribution in [1.29, 1.82) is 0 Å². The van der Waals surface area contributed by atoms with Gasteiger partial charge in [0.25, 0.3) is 0 Å². The van der Waals surface area contributed by atoms with Gasteiger partial charge in [-0.15, -0.1) is 0 Å². The first kappa shape index (κ1) is 12.6. The van der Waals surface area contributed by atoms with Crippen LogP contribution in [0.15, 0.2) is 0 Å². The van der Waals surface area contributed by atoms with E-state index in [1.807, 2.05) is 6.92 Å². The van der Waals surface area contributed by atoms with E-state index in [0.29, 0.717) is 6.54 Å². The predicted octanol–water partition coefficient (Wildman–Crippen LogP) is 0.701. The summed E-state index contributed by atoms with van der Waals surface area (Å²) in [5, 5.41) is 0. The molecule has 0 amide bonds. The third-order valence-electron chi connectivity index (χ3n) is 2.35. The summed E-state index contributed by atoms with van der Waals surface area (Å²) in [6, 6.07) is 0. The number of carbonyl (C=O) groups is 1. The van der Waals surface area contributed by atoms with Crippen LogP contribution in [0.25, 0.3) is 0 Å². The number of hydrogen-bond acceptors (Lipinski definition) is 4. The number of nitrogens with zero attached hydrogens (tertiary/aromatic N) is 1. The highest BCUT2D eigenvalue weighted by Crippen LogP contribution is 2.20. The zero-order valence-electron chi connectivity index (χ0n) is 10.1. The molecule has 0 N–H and O–H groups in total. The summed E-state index contributed by atoms with van der Waals surface area (Å²) in [4.78, 5) is 13.6. The molecule has 0 radical (unpaired) electrons. The first-order valence-corrected chi connectivity index (χ1v) is 5.34. The summed E-state index contributed by atoms with van der Waals surface area (Å²) in [5.41, 5.74) is -0.162. The van der Waals surface area contributed by atoms with Gasteiger partial charge in [0.1, 0.15) is 6.61 Å². The minimum absolute atomic E-state index is 0.127. The molecular weight excluding hydrogens is 194 g/mol. The fourth-order valence-corrected chi connectivity index (χ4v) is 2.16. The number of rotatable bonds is 4. The van der Waals surface area contributed by atoms with Crippen LogP contribution in [0.1, 0.15) is 20.8 Å². The molecule has 0 aromatic rings. The molecule has 1 aliphatic heterocycles. The van der Waals surface area contributed by atoms with E-state index in [9.17, 15) is 4.79 Å². The van der Waals surface area contributed by atoms with Crippen molar-refractivity contribution in [2.45, 2.75) is 32.5 Å². The van der Waals surface area contributed by atoms with E-state index in [1.54, 1.807) is 7.11 Å². The van der Waals surface area contributed by atoms with E-state index >= 15 is 0 Å². The second-order valence-corrected chi connectivity index (χ2v) is 4.83. The summed E-state index contributed by atoms with van der Waals surface area (Å²) in [6.45, 7) is 8.42. The van der Waals surface area contributed by atoms with Crippen LogP contribution in [0, 0.1) is 0 Å². The Bertz CT molecular complexity index is 228. The molecule has 1 unspecified atom stereocenters. The van der Waals surface area contributed by atoms with E-state index in [0.717, 1.165) is 13.1 Å². The van der Waals surface area contributed by atoms with Gasteiger partial charge in [-0.25, -0.2) is 0 Å². The Balaban J connectivity index is 2.45. The lowest BCUT2D eigenvalue weighted by molar-refractivity contribution is -0.140. The Labute approximate surface area is 91.5 Å². The Kier molecular flexibility index (Phi) is 4.25. The molecule has 0 aromatic carbocycles.